The van der Waals surface area contributed by atoms with Gasteiger partial charge in [0, 0.05) is 40.9 Å². The predicted molar refractivity (Wildman–Crippen MR) is 213 cm³/mol. The van der Waals surface area contributed by atoms with Gasteiger partial charge in [0.15, 0.2) is 0 Å². The van der Waals surface area contributed by atoms with Gasteiger partial charge in [0.25, 0.3) is 0 Å². The molecule has 3 aromatic heterocycles. The lowest BCUT2D eigenvalue weighted by atomic mass is 9.88. The summed E-state index contributed by atoms with van der Waals surface area (Å²) in [6.07, 6.45) is 8.21. The second-order valence-corrected chi connectivity index (χ2v) is 15.5. The SMILES string of the molecule is CC(C)Cc1cccc(CC(C)C)c1-c1cnn(-c2cc(Oc3ccc4c5ccccc5n(-c5cc(C(C)C)ccn5)c4c3)cc(C(C)C)c2)c1. The van der Waals surface area contributed by atoms with Crippen molar-refractivity contribution in [1.82, 2.24) is 19.3 Å². The van der Waals surface area contributed by atoms with Crippen molar-refractivity contribution in [3.05, 3.63) is 132 Å². The molecule has 7 rings (SSSR count). The summed E-state index contributed by atoms with van der Waals surface area (Å²) in [4.78, 5) is 4.83. The number of rotatable bonds is 11. The second-order valence-electron chi connectivity index (χ2n) is 15.5. The molecule has 0 aliphatic carbocycles. The van der Waals surface area contributed by atoms with Gasteiger partial charge in [0.1, 0.15) is 17.3 Å². The number of pyridine rings is 1. The minimum atomic E-state index is 0.316. The molecule has 3 heterocycles. The fraction of sp³-hybridized carbons (Fsp3) is 0.304. The second kappa shape index (κ2) is 14.2. The molecule has 0 saturated carbocycles. The van der Waals surface area contributed by atoms with Crippen LogP contribution < -0.4 is 4.74 Å². The number of fused-ring (bicyclic) bond motifs is 3. The van der Waals surface area contributed by atoms with E-state index < -0.39 is 0 Å². The van der Waals surface area contributed by atoms with E-state index >= 15 is 0 Å². The number of para-hydroxylation sites is 1. The van der Waals surface area contributed by atoms with Crippen LogP contribution in [0.15, 0.2) is 110 Å². The average Bonchev–Trinajstić information content (AvgIpc) is 3.71. The Balaban J connectivity index is 1.29. The summed E-state index contributed by atoms with van der Waals surface area (Å²) in [6.45, 7) is 18.0. The number of nitrogens with zero attached hydrogens (tertiary/aromatic N) is 4. The van der Waals surface area contributed by atoms with Crippen LogP contribution in [0.5, 0.6) is 11.5 Å². The van der Waals surface area contributed by atoms with Gasteiger partial charge in [-0.1, -0.05) is 91.8 Å². The van der Waals surface area contributed by atoms with Gasteiger partial charge in [-0.2, -0.15) is 5.10 Å². The van der Waals surface area contributed by atoms with Crippen LogP contribution in [0.1, 0.15) is 89.5 Å². The van der Waals surface area contributed by atoms with Crippen molar-refractivity contribution in [2.75, 3.05) is 0 Å². The van der Waals surface area contributed by atoms with Crippen LogP contribution >= 0.6 is 0 Å². The van der Waals surface area contributed by atoms with Crippen LogP contribution in [0.25, 0.3) is 44.4 Å². The Labute approximate surface area is 302 Å². The van der Waals surface area contributed by atoms with E-state index in [1.54, 1.807) is 0 Å². The molecule has 7 aromatic rings. The molecule has 51 heavy (non-hydrogen) atoms. The molecule has 0 fully saturated rings. The minimum Gasteiger partial charge on any atom is -0.457 e. The van der Waals surface area contributed by atoms with Crippen LogP contribution in [0.2, 0.25) is 0 Å². The van der Waals surface area contributed by atoms with Gasteiger partial charge in [-0.25, -0.2) is 9.67 Å². The molecule has 0 radical (unpaired) electrons. The molecule has 5 heteroatoms. The van der Waals surface area contributed by atoms with Gasteiger partial charge in [-0.3, -0.25) is 4.57 Å². The Bertz CT molecular complexity index is 2290. The van der Waals surface area contributed by atoms with E-state index in [-0.39, 0.29) is 0 Å². The summed E-state index contributed by atoms with van der Waals surface area (Å²) >= 11 is 0. The zero-order valence-corrected chi connectivity index (χ0v) is 31.3. The summed E-state index contributed by atoms with van der Waals surface area (Å²) in [6, 6.07) is 32.5. The standard InChI is InChI=1S/C46H50N4O/c1-29(2)20-34-12-11-13-35(21-30(3)4)46(34)37-27-48-49(28-37)38-22-36(32(7)8)23-40(25-38)51-39-16-17-42-41-14-9-10-15-43(41)50(44(42)26-39)45-24-33(31(5)6)18-19-47-45/h9-19,22-32H,20-21H2,1-8H3. The average molecular weight is 675 g/mol. The molecule has 0 atom stereocenters. The largest absolute Gasteiger partial charge is 0.457 e. The fourth-order valence-corrected chi connectivity index (χ4v) is 7.28. The third-order valence-corrected chi connectivity index (χ3v) is 9.76. The van der Waals surface area contributed by atoms with Crippen LogP contribution in [0.4, 0.5) is 0 Å². The molecular weight excluding hydrogens is 625 g/mol. The number of hydrogen-bond donors (Lipinski definition) is 0. The molecule has 5 nitrogen and oxygen atoms in total. The normalized spacial score (nSPS) is 12.0. The van der Waals surface area contributed by atoms with E-state index in [9.17, 15) is 0 Å². The maximum Gasteiger partial charge on any atom is 0.137 e. The summed E-state index contributed by atoms with van der Waals surface area (Å²) in [5, 5.41) is 7.30. The third-order valence-electron chi connectivity index (χ3n) is 9.76. The lowest BCUT2D eigenvalue weighted by Gasteiger charge is -2.17. The van der Waals surface area contributed by atoms with Gasteiger partial charge in [0.05, 0.1) is 22.9 Å². The molecule has 0 spiro atoms. The highest BCUT2D eigenvalue weighted by atomic mass is 16.5. The van der Waals surface area contributed by atoms with Crippen LogP contribution in [-0.2, 0) is 12.8 Å². The first-order chi connectivity index (χ1) is 24.5. The predicted octanol–water partition coefficient (Wildman–Crippen LogP) is 12.5. The van der Waals surface area contributed by atoms with Crippen LogP contribution in [0.3, 0.4) is 0 Å². The molecule has 4 aromatic carbocycles. The van der Waals surface area contributed by atoms with Crippen molar-refractivity contribution in [3.63, 3.8) is 0 Å². The van der Waals surface area contributed by atoms with Gasteiger partial charge in [-0.05, 0) is 107 Å². The lowest BCUT2D eigenvalue weighted by Crippen LogP contribution is -2.03. The Hall–Kier alpha value is -5.16. The van der Waals surface area contributed by atoms with Crippen molar-refractivity contribution in [1.29, 1.82) is 0 Å². The summed E-state index contributed by atoms with van der Waals surface area (Å²) in [5.41, 5.74) is 10.9. The first kappa shape index (κ1) is 34.3. The first-order valence-corrected chi connectivity index (χ1v) is 18.5. The smallest absolute Gasteiger partial charge is 0.137 e. The molecule has 0 unspecified atom stereocenters. The van der Waals surface area contributed by atoms with E-state index in [2.05, 4.69) is 157 Å². The van der Waals surface area contributed by atoms with Crippen LogP contribution in [-0.4, -0.2) is 19.3 Å². The fourth-order valence-electron chi connectivity index (χ4n) is 7.28. The molecule has 0 amide bonds. The summed E-state index contributed by atoms with van der Waals surface area (Å²) in [7, 11) is 0. The monoisotopic (exact) mass is 674 g/mol. The number of hydrogen-bond acceptors (Lipinski definition) is 3. The van der Waals surface area contributed by atoms with E-state index in [4.69, 9.17) is 14.8 Å². The highest BCUT2D eigenvalue weighted by molar-refractivity contribution is 6.09. The van der Waals surface area contributed by atoms with Gasteiger partial charge in [-0.15, -0.1) is 0 Å². The van der Waals surface area contributed by atoms with Gasteiger partial charge < -0.3 is 4.74 Å². The summed E-state index contributed by atoms with van der Waals surface area (Å²) in [5.74, 6) is 4.33. The van der Waals surface area contributed by atoms with Crippen LogP contribution in [0, 0.1) is 11.8 Å². The lowest BCUT2D eigenvalue weighted by molar-refractivity contribution is 0.481. The Morgan fingerprint density at radius 3 is 2.04 bits per heavy atom. The molecular formula is C46H50N4O. The van der Waals surface area contributed by atoms with Crippen molar-refractivity contribution in [3.8, 4) is 34.1 Å². The maximum atomic E-state index is 6.73. The van der Waals surface area contributed by atoms with E-state index in [1.807, 2.05) is 17.1 Å². The van der Waals surface area contributed by atoms with Gasteiger partial charge in [0.2, 0.25) is 0 Å². The molecule has 0 aliphatic heterocycles. The summed E-state index contributed by atoms with van der Waals surface area (Å²) < 4.78 is 11.0. The zero-order chi connectivity index (χ0) is 35.8. The van der Waals surface area contributed by atoms with Crippen molar-refractivity contribution < 1.29 is 4.74 Å². The van der Waals surface area contributed by atoms with Crippen molar-refractivity contribution in [2.24, 2.45) is 11.8 Å². The van der Waals surface area contributed by atoms with E-state index in [1.165, 1.54) is 38.6 Å². The van der Waals surface area contributed by atoms with Crippen molar-refractivity contribution >= 4 is 21.8 Å². The number of benzene rings is 4. The topological polar surface area (TPSA) is 44.9 Å². The molecule has 260 valence electrons. The molecule has 0 saturated heterocycles. The quantitative estimate of drug-likeness (QED) is 0.137. The van der Waals surface area contributed by atoms with E-state index in [0.29, 0.717) is 23.7 Å². The number of ether oxygens (including phenoxy) is 1. The van der Waals surface area contributed by atoms with Gasteiger partial charge >= 0.3 is 0 Å². The Morgan fingerprint density at radius 1 is 0.627 bits per heavy atom. The van der Waals surface area contributed by atoms with E-state index in [0.717, 1.165) is 52.4 Å². The minimum absolute atomic E-state index is 0.316. The maximum absolute atomic E-state index is 6.73. The Kier molecular flexibility index (Phi) is 9.56. The highest BCUT2D eigenvalue weighted by Gasteiger charge is 2.18. The Morgan fingerprint density at radius 2 is 1.33 bits per heavy atom. The molecule has 0 aliphatic rings. The first-order valence-electron chi connectivity index (χ1n) is 18.5. The highest BCUT2D eigenvalue weighted by Crippen LogP contribution is 2.37. The zero-order valence-electron chi connectivity index (χ0n) is 31.3. The van der Waals surface area contributed by atoms with Crippen molar-refractivity contribution in [2.45, 2.75) is 80.1 Å². The number of aromatic nitrogens is 4. The third kappa shape index (κ3) is 7.08. The molecule has 0 N–H and O–H groups in total. The molecule has 0 bridgehead atoms.